The first-order valence-electron chi connectivity index (χ1n) is 6.81. The number of ether oxygens (including phenoxy) is 2. The zero-order valence-corrected chi connectivity index (χ0v) is 12.6. The molecule has 0 saturated carbocycles. The van der Waals surface area contributed by atoms with Gasteiger partial charge in [0.2, 0.25) is 0 Å². The molecule has 1 aromatic carbocycles. The van der Waals surface area contributed by atoms with Gasteiger partial charge in [0.1, 0.15) is 17.3 Å². The number of allylic oxidation sites excluding steroid dienone is 2. The van der Waals surface area contributed by atoms with E-state index >= 15 is 0 Å². The normalized spacial score (nSPS) is 14.0. The molecule has 0 amide bonds. The minimum atomic E-state index is -1.01. The lowest BCUT2D eigenvalue weighted by Gasteiger charge is -2.25. The maximum Gasteiger partial charge on any atom is 0.341 e. The number of carboxylic acids is 1. The fourth-order valence-corrected chi connectivity index (χ4v) is 2.25. The van der Waals surface area contributed by atoms with Gasteiger partial charge in [-0.05, 0) is 35.6 Å². The molecule has 0 bridgehead atoms. The third-order valence-electron chi connectivity index (χ3n) is 2.96. The summed E-state index contributed by atoms with van der Waals surface area (Å²) in [6, 6.07) is 5.37. The van der Waals surface area contributed by atoms with Crippen molar-refractivity contribution in [3.05, 3.63) is 42.2 Å². The molecule has 0 atom stereocenters. The Morgan fingerprint density at radius 1 is 1.38 bits per heavy atom. The number of hydrogen-bond acceptors (Lipinski definition) is 3. The van der Waals surface area contributed by atoms with Crippen molar-refractivity contribution in [1.29, 1.82) is 0 Å². The third-order valence-corrected chi connectivity index (χ3v) is 2.96. The van der Waals surface area contributed by atoms with Crippen LogP contribution < -0.4 is 9.47 Å². The Morgan fingerprint density at radius 3 is 2.71 bits per heavy atom. The van der Waals surface area contributed by atoms with Crippen LogP contribution in [0.5, 0.6) is 11.5 Å². The number of hydrogen-bond donors (Lipinski definition) is 1. The molecule has 0 aliphatic carbocycles. The van der Waals surface area contributed by atoms with Crippen LogP contribution in [-0.4, -0.2) is 17.7 Å². The molecule has 1 N–H and O–H groups in total. The smallest absolute Gasteiger partial charge is 0.341 e. The van der Waals surface area contributed by atoms with Crippen molar-refractivity contribution in [2.24, 2.45) is 5.41 Å². The largest absolute Gasteiger partial charge is 0.482 e. The van der Waals surface area contributed by atoms with E-state index in [1.165, 1.54) is 5.57 Å². The fraction of sp³-hybridized carbons (Fsp3) is 0.353. The predicted molar refractivity (Wildman–Crippen MR) is 81.4 cm³/mol. The Bertz CT molecular complexity index is 606. The van der Waals surface area contributed by atoms with Gasteiger partial charge in [-0.3, -0.25) is 0 Å². The molecule has 0 radical (unpaired) electrons. The maximum absolute atomic E-state index is 10.5. The van der Waals surface area contributed by atoms with Crippen LogP contribution in [0.1, 0.15) is 32.8 Å². The summed E-state index contributed by atoms with van der Waals surface area (Å²) in [5.74, 6) is 0.703. The van der Waals surface area contributed by atoms with Crippen molar-refractivity contribution < 1.29 is 19.4 Å². The number of carbonyl (C=O) groups is 1. The van der Waals surface area contributed by atoms with E-state index in [9.17, 15) is 4.79 Å². The molecule has 1 aliphatic rings. The minimum absolute atomic E-state index is 0.152. The van der Waals surface area contributed by atoms with Gasteiger partial charge in [0, 0.05) is 11.6 Å². The number of benzene rings is 1. The molecule has 2 rings (SSSR count). The van der Waals surface area contributed by atoms with E-state index in [1.54, 1.807) is 12.1 Å². The number of carboxylic acid groups (broad SMARTS) is 1. The second kappa shape index (κ2) is 5.64. The summed E-state index contributed by atoms with van der Waals surface area (Å²) in [6.45, 7) is 10.0. The average molecular weight is 288 g/mol. The first-order valence-corrected chi connectivity index (χ1v) is 6.81. The summed E-state index contributed by atoms with van der Waals surface area (Å²) in [5, 5.41) is 8.65. The Kier molecular flexibility index (Phi) is 4.07. The molecule has 21 heavy (non-hydrogen) atoms. The Balaban J connectivity index is 2.28. The Labute approximate surface area is 124 Å². The van der Waals surface area contributed by atoms with Crippen LogP contribution in [0.15, 0.2) is 36.6 Å². The molecular weight excluding hydrogens is 268 g/mol. The summed E-state index contributed by atoms with van der Waals surface area (Å²) in [5.41, 5.74) is 2.32. The van der Waals surface area contributed by atoms with Crippen molar-refractivity contribution in [2.45, 2.75) is 27.2 Å². The molecule has 0 fully saturated rings. The number of fused-ring (bicyclic) bond motifs is 1. The van der Waals surface area contributed by atoms with E-state index in [4.69, 9.17) is 14.6 Å². The van der Waals surface area contributed by atoms with Crippen molar-refractivity contribution in [3.63, 3.8) is 0 Å². The molecule has 1 aliphatic heterocycles. The lowest BCUT2D eigenvalue weighted by molar-refractivity contribution is -0.139. The van der Waals surface area contributed by atoms with Crippen LogP contribution in [0.4, 0.5) is 0 Å². The van der Waals surface area contributed by atoms with Crippen LogP contribution in [0.3, 0.4) is 0 Å². The molecule has 4 heteroatoms. The monoisotopic (exact) mass is 288 g/mol. The van der Waals surface area contributed by atoms with Crippen molar-refractivity contribution in [3.8, 4) is 11.5 Å². The second-order valence-electron chi connectivity index (χ2n) is 6.32. The van der Waals surface area contributed by atoms with Crippen molar-refractivity contribution in [1.82, 2.24) is 0 Å². The minimum Gasteiger partial charge on any atom is -0.482 e. The van der Waals surface area contributed by atoms with Crippen molar-refractivity contribution >= 4 is 11.5 Å². The fourth-order valence-electron chi connectivity index (χ4n) is 2.25. The van der Waals surface area contributed by atoms with E-state index < -0.39 is 5.97 Å². The van der Waals surface area contributed by atoms with E-state index in [1.807, 2.05) is 12.1 Å². The van der Waals surface area contributed by atoms with Crippen LogP contribution in [0, 0.1) is 5.41 Å². The molecule has 0 saturated heterocycles. The lowest BCUT2D eigenvalue weighted by Crippen LogP contribution is -2.11. The van der Waals surface area contributed by atoms with Gasteiger partial charge in [0.25, 0.3) is 0 Å². The highest BCUT2D eigenvalue weighted by atomic mass is 16.5. The zero-order valence-electron chi connectivity index (χ0n) is 12.6. The molecule has 4 nitrogen and oxygen atoms in total. The summed E-state index contributed by atoms with van der Waals surface area (Å²) >= 11 is 0. The van der Waals surface area contributed by atoms with Crippen molar-refractivity contribution in [2.75, 3.05) is 6.61 Å². The summed E-state index contributed by atoms with van der Waals surface area (Å²) in [4.78, 5) is 10.5. The molecular formula is C17H20O4. The lowest BCUT2D eigenvalue weighted by atomic mass is 9.84. The van der Waals surface area contributed by atoms with Crippen LogP contribution in [0.25, 0.3) is 5.57 Å². The standard InChI is InChI=1S/C17H20O4/c1-11-7-12(9-17(2,3)4)14-6-5-13(8-15(14)21-11)20-10-16(18)19/h5-8H,1,9-10H2,2-4H3,(H,18,19). The van der Waals surface area contributed by atoms with Gasteiger partial charge >= 0.3 is 5.97 Å². The third kappa shape index (κ3) is 4.12. The SMILES string of the molecule is C=C1C=C(CC(C)(C)C)c2ccc(OCC(=O)O)cc2O1. The van der Waals surface area contributed by atoms with Crippen LogP contribution in [-0.2, 0) is 4.79 Å². The highest BCUT2D eigenvalue weighted by molar-refractivity contribution is 5.76. The number of rotatable bonds is 4. The summed E-state index contributed by atoms with van der Waals surface area (Å²) in [7, 11) is 0. The summed E-state index contributed by atoms with van der Waals surface area (Å²) in [6.07, 6.45) is 2.85. The van der Waals surface area contributed by atoms with Gasteiger partial charge in [0.05, 0.1) is 0 Å². The molecule has 112 valence electrons. The molecule has 1 aromatic rings. The molecule has 0 aromatic heterocycles. The van der Waals surface area contributed by atoms with E-state index in [0.717, 1.165) is 12.0 Å². The van der Waals surface area contributed by atoms with Gasteiger partial charge in [-0.15, -0.1) is 0 Å². The van der Waals surface area contributed by atoms with Gasteiger partial charge in [-0.25, -0.2) is 4.79 Å². The molecule has 0 spiro atoms. The molecule has 0 unspecified atom stereocenters. The first kappa shape index (κ1) is 15.2. The quantitative estimate of drug-likeness (QED) is 0.913. The average Bonchev–Trinajstić information content (AvgIpc) is 2.33. The van der Waals surface area contributed by atoms with Gasteiger partial charge < -0.3 is 14.6 Å². The second-order valence-corrected chi connectivity index (χ2v) is 6.32. The zero-order chi connectivity index (χ0) is 15.6. The highest BCUT2D eigenvalue weighted by Crippen LogP contribution is 2.40. The topological polar surface area (TPSA) is 55.8 Å². The predicted octanol–water partition coefficient (Wildman–Crippen LogP) is 3.88. The maximum atomic E-state index is 10.5. The van der Waals surface area contributed by atoms with Gasteiger partial charge in [-0.2, -0.15) is 0 Å². The van der Waals surface area contributed by atoms with E-state index in [0.29, 0.717) is 17.3 Å². The Morgan fingerprint density at radius 2 is 2.10 bits per heavy atom. The van der Waals surface area contributed by atoms with E-state index in [2.05, 4.69) is 27.4 Å². The number of aliphatic carboxylic acids is 1. The van der Waals surface area contributed by atoms with Gasteiger partial charge in [0.15, 0.2) is 6.61 Å². The Hall–Kier alpha value is -2.23. The van der Waals surface area contributed by atoms with Gasteiger partial charge in [-0.1, -0.05) is 27.4 Å². The van der Waals surface area contributed by atoms with Crippen LogP contribution in [0.2, 0.25) is 0 Å². The molecule has 1 heterocycles. The first-order chi connectivity index (χ1) is 9.74. The van der Waals surface area contributed by atoms with E-state index in [-0.39, 0.29) is 12.0 Å². The summed E-state index contributed by atoms with van der Waals surface area (Å²) < 4.78 is 10.8. The highest BCUT2D eigenvalue weighted by Gasteiger charge is 2.21. The van der Waals surface area contributed by atoms with Crippen LogP contribution >= 0.6 is 0 Å².